The Hall–Kier alpha value is -1.57. The van der Waals surface area contributed by atoms with Gasteiger partial charge in [-0.05, 0) is 37.1 Å². The minimum atomic E-state index is 0.637. The standard InChI is InChI=1S/C16H20N2/c1-2-4-8-13(7-3-1)18-16-11-5-10-15-14(16)9-6-12-17-15/h5-6,9-13,18H,1-4,7-8H2. The number of hydrogen-bond donors (Lipinski definition) is 1. The van der Waals surface area contributed by atoms with Crippen LogP contribution < -0.4 is 5.32 Å². The number of rotatable bonds is 2. The van der Waals surface area contributed by atoms with E-state index in [0.717, 1.165) is 5.52 Å². The van der Waals surface area contributed by atoms with Crippen molar-refractivity contribution in [3.8, 4) is 0 Å². The highest BCUT2D eigenvalue weighted by atomic mass is 14.9. The van der Waals surface area contributed by atoms with Crippen LogP contribution >= 0.6 is 0 Å². The van der Waals surface area contributed by atoms with E-state index in [4.69, 9.17) is 0 Å². The lowest BCUT2D eigenvalue weighted by Gasteiger charge is -2.18. The first-order chi connectivity index (χ1) is 8.93. The zero-order chi connectivity index (χ0) is 12.2. The van der Waals surface area contributed by atoms with E-state index < -0.39 is 0 Å². The lowest BCUT2D eigenvalue weighted by Crippen LogP contribution is -2.18. The Labute approximate surface area is 108 Å². The van der Waals surface area contributed by atoms with E-state index >= 15 is 0 Å². The van der Waals surface area contributed by atoms with Crippen molar-refractivity contribution in [3.05, 3.63) is 36.5 Å². The summed E-state index contributed by atoms with van der Waals surface area (Å²) in [5.41, 5.74) is 2.32. The molecule has 0 unspecified atom stereocenters. The maximum absolute atomic E-state index is 4.41. The molecule has 0 amide bonds. The minimum absolute atomic E-state index is 0.637. The second kappa shape index (κ2) is 5.38. The predicted molar refractivity (Wildman–Crippen MR) is 76.9 cm³/mol. The first-order valence-electron chi connectivity index (χ1n) is 7.04. The smallest absolute Gasteiger partial charge is 0.0722 e. The van der Waals surface area contributed by atoms with Crippen LogP contribution in [0.15, 0.2) is 36.5 Å². The molecule has 1 aromatic heterocycles. The molecule has 18 heavy (non-hydrogen) atoms. The van der Waals surface area contributed by atoms with Gasteiger partial charge in [0.15, 0.2) is 0 Å². The lowest BCUT2D eigenvalue weighted by molar-refractivity contribution is 0.620. The summed E-state index contributed by atoms with van der Waals surface area (Å²) in [5, 5.41) is 4.96. The van der Waals surface area contributed by atoms with Gasteiger partial charge in [-0.2, -0.15) is 0 Å². The highest BCUT2D eigenvalue weighted by Gasteiger charge is 2.12. The van der Waals surface area contributed by atoms with Crippen molar-refractivity contribution >= 4 is 16.6 Å². The van der Waals surface area contributed by atoms with Crippen LogP contribution in [0.1, 0.15) is 38.5 Å². The van der Waals surface area contributed by atoms with Crippen molar-refractivity contribution in [3.63, 3.8) is 0 Å². The predicted octanol–water partition coefficient (Wildman–Crippen LogP) is 4.37. The number of pyridine rings is 1. The highest BCUT2D eigenvalue weighted by molar-refractivity contribution is 5.91. The van der Waals surface area contributed by atoms with Gasteiger partial charge in [0.25, 0.3) is 0 Å². The zero-order valence-corrected chi connectivity index (χ0v) is 10.7. The number of benzene rings is 1. The largest absolute Gasteiger partial charge is 0.382 e. The molecule has 94 valence electrons. The number of fused-ring (bicyclic) bond motifs is 1. The van der Waals surface area contributed by atoms with Gasteiger partial charge in [0.05, 0.1) is 5.52 Å². The summed E-state index contributed by atoms with van der Waals surface area (Å²) in [6.07, 6.45) is 9.98. The van der Waals surface area contributed by atoms with Gasteiger partial charge < -0.3 is 5.32 Å². The molecule has 1 aliphatic rings. The van der Waals surface area contributed by atoms with Crippen LogP contribution in [0.25, 0.3) is 10.9 Å². The molecule has 0 saturated heterocycles. The molecule has 0 radical (unpaired) electrons. The van der Waals surface area contributed by atoms with Gasteiger partial charge in [0.1, 0.15) is 0 Å². The number of nitrogens with zero attached hydrogens (tertiary/aromatic N) is 1. The molecule has 1 aliphatic carbocycles. The van der Waals surface area contributed by atoms with Gasteiger partial charge in [-0.3, -0.25) is 4.98 Å². The van der Waals surface area contributed by atoms with Gasteiger partial charge >= 0.3 is 0 Å². The summed E-state index contributed by atoms with van der Waals surface area (Å²) in [7, 11) is 0. The summed E-state index contributed by atoms with van der Waals surface area (Å²) >= 11 is 0. The van der Waals surface area contributed by atoms with E-state index in [9.17, 15) is 0 Å². The molecular weight excluding hydrogens is 220 g/mol. The van der Waals surface area contributed by atoms with E-state index in [2.05, 4.69) is 34.6 Å². The van der Waals surface area contributed by atoms with Crippen LogP contribution in [0.3, 0.4) is 0 Å². The monoisotopic (exact) mass is 240 g/mol. The Kier molecular flexibility index (Phi) is 3.44. The number of nitrogens with one attached hydrogen (secondary N) is 1. The molecule has 1 heterocycles. The molecular formula is C16H20N2. The van der Waals surface area contributed by atoms with Crippen LogP contribution in [0.2, 0.25) is 0 Å². The average molecular weight is 240 g/mol. The minimum Gasteiger partial charge on any atom is -0.382 e. The Balaban J connectivity index is 1.85. The SMILES string of the molecule is c1cc(NC2CCCCCC2)c2cccnc2c1. The van der Waals surface area contributed by atoms with Crippen LogP contribution in [0.5, 0.6) is 0 Å². The summed E-state index contributed by atoms with van der Waals surface area (Å²) in [6.45, 7) is 0. The van der Waals surface area contributed by atoms with Gasteiger partial charge in [0.2, 0.25) is 0 Å². The first kappa shape index (κ1) is 11.5. The Morgan fingerprint density at radius 3 is 2.61 bits per heavy atom. The van der Waals surface area contributed by atoms with E-state index in [1.807, 2.05) is 12.3 Å². The van der Waals surface area contributed by atoms with E-state index in [0.29, 0.717) is 6.04 Å². The Morgan fingerprint density at radius 2 is 1.78 bits per heavy atom. The van der Waals surface area contributed by atoms with Crippen molar-refractivity contribution < 1.29 is 0 Å². The third kappa shape index (κ3) is 2.47. The van der Waals surface area contributed by atoms with Crippen LogP contribution in [-0.2, 0) is 0 Å². The van der Waals surface area contributed by atoms with Crippen molar-refractivity contribution in [2.45, 2.75) is 44.6 Å². The second-order valence-electron chi connectivity index (χ2n) is 5.21. The highest BCUT2D eigenvalue weighted by Crippen LogP contribution is 2.25. The summed E-state index contributed by atoms with van der Waals surface area (Å²) < 4.78 is 0. The van der Waals surface area contributed by atoms with Crippen molar-refractivity contribution in [1.82, 2.24) is 4.98 Å². The normalized spacial score (nSPS) is 17.6. The van der Waals surface area contributed by atoms with E-state index in [1.165, 1.54) is 49.6 Å². The Morgan fingerprint density at radius 1 is 0.944 bits per heavy atom. The molecule has 2 aromatic rings. The van der Waals surface area contributed by atoms with Crippen LogP contribution in [0, 0.1) is 0 Å². The lowest BCUT2D eigenvalue weighted by atomic mass is 10.1. The molecule has 0 atom stereocenters. The van der Waals surface area contributed by atoms with Gasteiger partial charge in [0, 0.05) is 23.3 Å². The fourth-order valence-corrected chi connectivity index (χ4v) is 2.87. The number of aromatic nitrogens is 1. The third-order valence-electron chi connectivity index (χ3n) is 3.86. The van der Waals surface area contributed by atoms with Gasteiger partial charge in [-0.25, -0.2) is 0 Å². The maximum Gasteiger partial charge on any atom is 0.0722 e. The fourth-order valence-electron chi connectivity index (χ4n) is 2.87. The van der Waals surface area contributed by atoms with E-state index in [-0.39, 0.29) is 0 Å². The quantitative estimate of drug-likeness (QED) is 0.788. The summed E-state index contributed by atoms with van der Waals surface area (Å²) in [5.74, 6) is 0. The topological polar surface area (TPSA) is 24.9 Å². The number of anilines is 1. The van der Waals surface area contributed by atoms with E-state index in [1.54, 1.807) is 0 Å². The molecule has 1 N–H and O–H groups in total. The maximum atomic E-state index is 4.41. The first-order valence-corrected chi connectivity index (χ1v) is 7.04. The molecule has 1 aromatic carbocycles. The van der Waals surface area contributed by atoms with Gasteiger partial charge in [-0.15, -0.1) is 0 Å². The number of hydrogen-bond acceptors (Lipinski definition) is 2. The van der Waals surface area contributed by atoms with Crippen LogP contribution in [0.4, 0.5) is 5.69 Å². The molecule has 1 saturated carbocycles. The third-order valence-corrected chi connectivity index (χ3v) is 3.86. The molecule has 0 bridgehead atoms. The fraction of sp³-hybridized carbons (Fsp3) is 0.438. The molecule has 0 aliphatic heterocycles. The molecule has 3 rings (SSSR count). The summed E-state index contributed by atoms with van der Waals surface area (Å²) in [4.78, 5) is 4.41. The molecule has 2 nitrogen and oxygen atoms in total. The Bertz CT molecular complexity index is 508. The molecule has 1 fully saturated rings. The molecule has 2 heteroatoms. The molecule has 0 spiro atoms. The zero-order valence-electron chi connectivity index (χ0n) is 10.7. The van der Waals surface area contributed by atoms with Crippen molar-refractivity contribution in [2.75, 3.05) is 5.32 Å². The van der Waals surface area contributed by atoms with Crippen molar-refractivity contribution in [1.29, 1.82) is 0 Å². The van der Waals surface area contributed by atoms with Gasteiger partial charge in [-0.1, -0.05) is 31.7 Å². The van der Waals surface area contributed by atoms with Crippen LogP contribution in [-0.4, -0.2) is 11.0 Å². The summed E-state index contributed by atoms with van der Waals surface area (Å²) in [6, 6.07) is 11.2. The second-order valence-corrected chi connectivity index (χ2v) is 5.21. The average Bonchev–Trinajstić information content (AvgIpc) is 2.68. The van der Waals surface area contributed by atoms with Crippen molar-refractivity contribution in [2.24, 2.45) is 0 Å².